The number of hydrogen-bond acceptors (Lipinski definition) is 3. The molecular formula is C18H19BrN2O3. The number of ether oxygens (including phenoxy) is 1. The zero-order chi connectivity index (χ0) is 17.4. The number of nitrogens with one attached hydrogen (secondary N) is 2. The summed E-state index contributed by atoms with van der Waals surface area (Å²) in [6.07, 6.45) is 0.220. The van der Waals surface area contributed by atoms with Gasteiger partial charge in [-0.05, 0) is 42.8 Å². The molecule has 0 atom stereocenters. The second kappa shape index (κ2) is 9.08. The molecule has 126 valence electrons. The highest BCUT2D eigenvalue weighted by Gasteiger charge is 2.08. The maximum absolute atomic E-state index is 11.9. The lowest BCUT2D eigenvalue weighted by atomic mass is 10.1. The van der Waals surface area contributed by atoms with Crippen molar-refractivity contribution in [3.63, 3.8) is 0 Å². The smallest absolute Gasteiger partial charge is 0.243 e. The van der Waals surface area contributed by atoms with E-state index >= 15 is 0 Å². The Hall–Kier alpha value is -2.34. The Morgan fingerprint density at radius 2 is 1.75 bits per heavy atom. The van der Waals surface area contributed by atoms with Gasteiger partial charge in [-0.2, -0.15) is 0 Å². The quantitative estimate of drug-likeness (QED) is 0.762. The molecule has 2 N–H and O–H groups in total. The van der Waals surface area contributed by atoms with Crippen LogP contribution in [0.1, 0.15) is 12.5 Å². The molecule has 2 aromatic rings. The summed E-state index contributed by atoms with van der Waals surface area (Å²) >= 11 is 3.40. The lowest BCUT2D eigenvalue weighted by Gasteiger charge is -2.09. The Bertz CT molecular complexity index is 702. The molecule has 0 aromatic heterocycles. The van der Waals surface area contributed by atoms with E-state index in [1.165, 1.54) is 0 Å². The molecule has 0 bridgehead atoms. The zero-order valence-electron chi connectivity index (χ0n) is 13.3. The van der Waals surface area contributed by atoms with E-state index in [4.69, 9.17) is 4.74 Å². The molecule has 5 nitrogen and oxygen atoms in total. The SMILES string of the molecule is CCOc1ccc(NC(=O)CNC(=O)Cc2ccccc2Br)cc1. The van der Waals surface area contributed by atoms with Crippen molar-refractivity contribution in [3.8, 4) is 5.75 Å². The highest BCUT2D eigenvalue weighted by Crippen LogP contribution is 2.16. The number of rotatable bonds is 7. The summed E-state index contributed by atoms with van der Waals surface area (Å²) in [5, 5.41) is 5.34. The Morgan fingerprint density at radius 3 is 2.42 bits per heavy atom. The normalized spacial score (nSPS) is 10.1. The van der Waals surface area contributed by atoms with Crippen LogP contribution in [0, 0.1) is 0 Å². The molecule has 0 aliphatic rings. The van der Waals surface area contributed by atoms with Gasteiger partial charge in [-0.3, -0.25) is 9.59 Å². The van der Waals surface area contributed by atoms with Gasteiger partial charge < -0.3 is 15.4 Å². The van der Waals surface area contributed by atoms with Crippen molar-refractivity contribution in [1.82, 2.24) is 5.32 Å². The van der Waals surface area contributed by atoms with Crippen LogP contribution in [0.4, 0.5) is 5.69 Å². The van der Waals surface area contributed by atoms with Crippen LogP contribution in [0.15, 0.2) is 53.0 Å². The second-order valence-electron chi connectivity index (χ2n) is 5.05. The van der Waals surface area contributed by atoms with Crippen LogP contribution in [0.3, 0.4) is 0 Å². The van der Waals surface area contributed by atoms with E-state index in [-0.39, 0.29) is 24.8 Å². The molecule has 2 amide bonds. The first-order valence-electron chi connectivity index (χ1n) is 7.61. The fraction of sp³-hybridized carbons (Fsp3) is 0.222. The molecule has 0 saturated carbocycles. The van der Waals surface area contributed by atoms with Crippen molar-refractivity contribution in [2.45, 2.75) is 13.3 Å². The minimum absolute atomic E-state index is 0.0729. The Balaban J connectivity index is 1.78. The van der Waals surface area contributed by atoms with E-state index in [9.17, 15) is 9.59 Å². The molecule has 0 heterocycles. The van der Waals surface area contributed by atoms with Gasteiger partial charge in [-0.15, -0.1) is 0 Å². The summed E-state index contributed by atoms with van der Waals surface area (Å²) in [6.45, 7) is 2.43. The fourth-order valence-corrected chi connectivity index (χ4v) is 2.49. The number of amides is 2. The summed E-state index contributed by atoms with van der Waals surface area (Å²) in [7, 11) is 0. The third-order valence-corrected chi connectivity index (χ3v) is 3.98. The minimum Gasteiger partial charge on any atom is -0.494 e. The van der Waals surface area contributed by atoms with Crippen molar-refractivity contribution in [3.05, 3.63) is 58.6 Å². The van der Waals surface area contributed by atoms with Gasteiger partial charge in [0.05, 0.1) is 19.6 Å². The fourth-order valence-electron chi connectivity index (χ4n) is 2.06. The number of carbonyl (C=O) groups is 2. The van der Waals surface area contributed by atoms with Gasteiger partial charge in [0.1, 0.15) is 5.75 Å². The summed E-state index contributed by atoms with van der Waals surface area (Å²) in [6, 6.07) is 14.6. The maximum atomic E-state index is 11.9. The van der Waals surface area contributed by atoms with Crippen LogP contribution < -0.4 is 15.4 Å². The largest absolute Gasteiger partial charge is 0.494 e. The average Bonchev–Trinajstić information content (AvgIpc) is 2.57. The molecule has 2 aromatic carbocycles. The van der Waals surface area contributed by atoms with Crippen LogP contribution in [0.25, 0.3) is 0 Å². The van der Waals surface area contributed by atoms with E-state index < -0.39 is 0 Å². The number of anilines is 1. The molecule has 0 aliphatic carbocycles. The summed E-state index contributed by atoms with van der Waals surface area (Å²) < 4.78 is 6.21. The molecule has 0 radical (unpaired) electrons. The van der Waals surface area contributed by atoms with E-state index in [1.54, 1.807) is 24.3 Å². The highest BCUT2D eigenvalue weighted by atomic mass is 79.9. The van der Waals surface area contributed by atoms with E-state index in [1.807, 2.05) is 31.2 Å². The monoisotopic (exact) mass is 390 g/mol. The van der Waals surface area contributed by atoms with Gasteiger partial charge in [0.25, 0.3) is 0 Å². The van der Waals surface area contributed by atoms with Gasteiger partial charge in [0.15, 0.2) is 0 Å². The summed E-state index contributed by atoms with van der Waals surface area (Å²) in [4.78, 5) is 23.8. The van der Waals surface area contributed by atoms with Gasteiger partial charge in [-0.25, -0.2) is 0 Å². The zero-order valence-corrected chi connectivity index (χ0v) is 14.9. The van der Waals surface area contributed by atoms with E-state index in [0.717, 1.165) is 15.8 Å². The number of carbonyl (C=O) groups excluding carboxylic acids is 2. The molecule has 0 fully saturated rings. The second-order valence-corrected chi connectivity index (χ2v) is 5.90. The molecule has 0 spiro atoms. The summed E-state index contributed by atoms with van der Waals surface area (Å²) in [5.41, 5.74) is 1.53. The molecule has 0 aliphatic heterocycles. The van der Waals surface area contributed by atoms with Crippen LogP contribution in [0.2, 0.25) is 0 Å². The minimum atomic E-state index is -0.278. The van der Waals surface area contributed by atoms with Crippen molar-refractivity contribution in [2.75, 3.05) is 18.5 Å². The van der Waals surface area contributed by atoms with Crippen molar-refractivity contribution < 1.29 is 14.3 Å². The predicted molar refractivity (Wildman–Crippen MR) is 97.1 cm³/mol. The lowest BCUT2D eigenvalue weighted by molar-refractivity contribution is -0.123. The first-order chi connectivity index (χ1) is 11.6. The molecule has 6 heteroatoms. The molecule has 2 rings (SSSR count). The van der Waals surface area contributed by atoms with E-state index in [2.05, 4.69) is 26.6 Å². The van der Waals surface area contributed by atoms with Crippen LogP contribution in [-0.2, 0) is 16.0 Å². The van der Waals surface area contributed by atoms with Gasteiger partial charge >= 0.3 is 0 Å². The third kappa shape index (κ3) is 5.70. The average molecular weight is 391 g/mol. The predicted octanol–water partition coefficient (Wildman–Crippen LogP) is 3.15. The van der Waals surface area contributed by atoms with Crippen LogP contribution in [0.5, 0.6) is 5.75 Å². The molecule has 0 saturated heterocycles. The summed E-state index contributed by atoms with van der Waals surface area (Å²) in [5.74, 6) is 0.264. The molecule has 24 heavy (non-hydrogen) atoms. The molecule has 0 unspecified atom stereocenters. The number of benzene rings is 2. The third-order valence-electron chi connectivity index (χ3n) is 3.20. The van der Waals surface area contributed by atoms with Gasteiger partial charge in [0, 0.05) is 10.2 Å². The lowest BCUT2D eigenvalue weighted by Crippen LogP contribution is -2.33. The first-order valence-corrected chi connectivity index (χ1v) is 8.40. The topological polar surface area (TPSA) is 67.4 Å². The molecular weight excluding hydrogens is 372 g/mol. The number of hydrogen-bond donors (Lipinski definition) is 2. The highest BCUT2D eigenvalue weighted by molar-refractivity contribution is 9.10. The van der Waals surface area contributed by atoms with Crippen molar-refractivity contribution >= 4 is 33.4 Å². The Kier molecular flexibility index (Phi) is 6.81. The van der Waals surface area contributed by atoms with Gasteiger partial charge in [-0.1, -0.05) is 34.1 Å². The Labute approximate surface area is 149 Å². The maximum Gasteiger partial charge on any atom is 0.243 e. The van der Waals surface area contributed by atoms with E-state index in [0.29, 0.717) is 12.3 Å². The van der Waals surface area contributed by atoms with Crippen LogP contribution >= 0.6 is 15.9 Å². The first kappa shape index (κ1) is 18.0. The van der Waals surface area contributed by atoms with Crippen molar-refractivity contribution in [2.24, 2.45) is 0 Å². The number of halogens is 1. The Morgan fingerprint density at radius 1 is 1.04 bits per heavy atom. The van der Waals surface area contributed by atoms with Gasteiger partial charge in [0.2, 0.25) is 11.8 Å². The van der Waals surface area contributed by atoms with Crippen LogP contribution in [-0.4, -0.2) is 25.0 Å². The standard InChI is InChI=1S/C18H19BrN2O3/c1-2-24-15-9-7-14(8-10-15)21-18(23)12-20-17(22)11-13-5-3-4-6-16(13)19/h3-10H,2,11-12H2,1H3,(H,20,22)(H,21,23). The van der Waals surface area contributed by atoms with Crippen molar-refractivity contribution in [1.29, 1.82) is 0 Å².